The molecule has 1 aliphatic rings. The Morgan fingerprint density at radius 2 is 2.08 bits per heavy atom. The molecule has 8 nitrogen and oxygen atoms in total. The number of carboxylic acid groups (broad SMARTS) is 1. The number of hydrogen-bond donors (Lipinski definition) is 2. The zero-order valence-corrected chi connectivity index (χ0v) is 13.6. The molecule has 0 bridgehead atoms. The van der Waals surface area contributed by atoms with Crippen LogP contribution in [0.15, 0.2) is 29.1 Å². The normalized spacial score (nSPS) is 16.9. The number of hydrogen-bond acceptors (Lipinski definition) is 5. The molecule has 1 aromatic heterocycles. The Labute approximate surface area is 146 Å². The van der Waals surface area contributed by atoms with E-state index in [1.54, 1.807) is 24.3 Å². The van der Waals surface area contributed by atoms with Crippen LogP contribution in [-0.4, -0.2) is 45.0 Å². The van der Waals surface area contributed by atoms with Crippen LogP contribution in [0.3, 0.4) is 0 Å². The van der Waals surface area contributed by atoms with Gasteiger partial charge in [0.2, 0.25) is 5.91 Å². The summed E-state index contributed by atoms with van der Waals surface area (Å²) in [5.74, 6) is -2.62. The van der Waals surface area contributed by atoms with Gasteiger partial charge in [-0.1, -0.05) is 12.1 Å². The molecule has 2 N–H and O–H groups in total. The number of para-hydroxylation sites is 1. The zero-order valence-electron chi connectivity index (χ0n) is 13.6. The maximum atomic E-state index is 12.7. The molecular weight excluding hydrogens is 345 g/mol. The molecule has 0 spiro atoms. The molecule has 2 heterocycles. The van der Waals surface area contributed by atoms with Gasteiger partial charge in [0.25, 0.3) is 5.56 Å². The van der Waals surface area contributed by atoms with Gasteiger partial charge in [0.1, 0.15) is 24.6 Å². The van der Waals surface area contributed by atoms with E-state index in [0.29, 0.717) is 23.1 Å². The third-order valence-electron chi connectivity index (χ3n) is 4.35. The standard InChI is InChI=1S/C17H16FN3O5/c18-8-13(22)11(7-15(23)24)20-16(25)12-5-6-14-19-10-4-2-1-3-9(10)17(26)21(12)14/h1-4,11-12H,5-8H2,(H,20,25)(H,23,24)/t11-,12-/m0/s1. The predicted octanol–water partition coefficient (Wildman–Crippen LogP) is 0.382. The molecule has 1 amide bonds. The maximum Gasteiger partial charge on any atom is 0.305 e. The minimum absolute atomic E-state index is 0.286. The molecule has 0 aliphatic carbocycles. The fourth-order valence-electron chi connectivity index (χ4n) is 3.11. The summed E-state index contributed by atoms with van der Waals surface area (Å²) in [6, 6.07) is 4.35. The Balaban J connectivity index is 1.91. The van der Waals surface area contributed by atoms with E-state index in [-0.39, 0.29) is 12.0 Å². The summed E-state index contributed by atoms with van der Waals surface area (Å²) < 4.78 is 13.9. The number of aryl methyl sites for hydroxylation is 1. The summed E-state index contributed by atoms with van der Waals surface area (Å²) in [5.41, 5.74) is 0.149. The van der Waals surface area contributed by atoms with Gasteiger partial charge in [0, 0.05) is 6.42 Å². The van der Waals surface area contributed by atoms with Crippen molar-refractivity contribution in [3.63, 3.8) is 0 Å². The lowest BCUT2D eigenvalue weighted by molar-refractivity contribution is -0.140. The molecule has 0 fully saturated rings. The first kappa shape index (κ1) is 17.7. The van der Waals surface area contributed by atoms with Gasteiger partial charge in [0.05, 0.1) is 17.3 Å². The molecule has 26 heavy (non-hydrogen) atoms. The van der Waals surface area contributed by atoms with E-state index in [2.05, 4.69) is 10.3 Å². The van der Waals surface area contributed by atoms with Gasteiger partial charge in [-0.05, 0) is 18.6 Å². The Bertz CT molecular complexity index is 955. The van der Waals surface area contributed by atoms with Crippen LogP contribution >= 0.6 is 0 Å². The van der Waals surface area contributed by atoms with Gasteiger partial charge in [-0.3, -0.25) is 23.7 Å². The Kier molecular flexibility index (Phi) is 4.79. The van der Waals surface area contributed by atoms with Crippen molar-refractivity contribution in [3.8, 4) is 0 Å². The number of rotatable bonds is 6. The van der Waals surface area contributed by atoms with Crippen molar-refractivity contribution in [3.05, 3.63) is 40.4 Å². The van der Waals surface area contributed by atoms with Gasteiger partial charge in [-0.25, -0.2) is 9.37 Å². The number of benzene rings is 1. The number of halogens is 1. The van der Waals surface area contributed by atoms with E-state index in [4.69, 9.17) is 5.11 Å². The number of aliphatic carboxylic acids is 1. The van der Waals surface area contributed by atoms with Crippen LogP contribution in [0.2, 0.25) is 0 Å². The van der Waals surface area contributed by atoms with Crippen LogP contribution in [0, 0.1) is 0 Å². The predicted molar refractivity (Wildman–Crippen MR) is 88.5 cm³/mol. The molecule has 1 aromatic carbocycles. The van der Waals surface area contributed by atoms with Gasteiger partial charge >= 0.3 is 5.97 Å². The van der Waals surface area contributed by atoms with Crippen molar-refractivity contribution in [1.29, 1.82) is 0 Å². The number of nitrogens with one attached hydrogen (secondary N) is 1. The fraction of sp³-hybridized carbons (Fsp3) is 0.353. The summed E-state index contributed by atoms with van der Waals surface area (Å²) in [5, 5.41) is 11.5. The highest BCUT2D eigenvalue weighted by atomic mass is 19.1. The fourth-order valence-corrected chi connectivity index (χ4v) is 3.11. The Morgan fingerprint density at radius 3 is 2.77 bits per heavy atom. The van der Waals surface area contributed by atoms with Gasteiger partial charge in [-0.2, -0.15) is 0 Å². The number of ketones is 1. The zero-order chi connectivity index (χ0) is 18.8. The second-order valence-corrected chi connectivity index (χ2v) is 6.03. The largest absolute Gasteiger partial charge is 0.481 e. The Morgan fingerprint density at radius 1 is 1.35 bits per heavy atom. The molecule has 1 aliphatic heterocycles. The number of carbonyl (C=O) groups is 3. The van der Waals surface area contributed by atoms with Gasteiger partial charge < -0.3 is 10.4 Å². The first-order valence-electron chi connectivity index (χ1n) is 8.03. The van der Waals surface area contributed by atoms with E-state index in [1.807, 2.05) is 0 Å². The third-order valence-corrected chi connectivity index (χ3v) is 4.35. The monoisotopic (exact) mass is 361 g/mol. The van der Waals surface area contributed by atoms with Crippen molar-refractivity contribution in [2.75, 3.05) is 6.67 Å². The van der Waals surface area contributed by atoms with E-state index in [1.165, 1.54) is 4.57 Å². The van der Waals surface area contributed by atoms with E-state index in [9.17, 15) is 23.6 Å². The summed E-state index contributed by atoms with van der Waals surface area (Å²) in [4.78, 5) is 52.0. The van der Waals surface area contributed by atoms with Crippen molar-refractivity contribution in [2.45, 2.75) is 31.3 Å². The van der Waals surface area contributed by atoms with Crippen molar-refractivity contribution < 1.29 is 23.9 Å². The lowest BCUT2D eigenvalue weighted by Gasteiger charge is -2.19. The molecule has 136 valence electrons. The van der Waals surface area contributed by atoms with Gasteiger partial charge in [-0.15, -0.1) is 0 Å². The average molecular weight is 361 g/mol. The van der Waals surface area contributed by atoms with E-state index < -0.39 is 42.8 Å². The molecule has 0 saturated heterocycles. The highest BCUT2D eigenvalue weighted by Gasteiger charge is 2.33. The second kappa shape index (κ2) is 7.03. The molecule has 9 heteroatoms. The van der Waals surface area contributed by atoms with Crippen molar-refractivity contribution >= 4 is 28.6 Å². The number of amides is 1. The van der Waals surface area contributed by atoms with Crippen LogP contribution in [0.1, 0.15) is 24.7 Å². The summed E-state index contributed by atoms with van der Waals surface area (Å²) in [6.07, 6.45) is -0.0498. The second-order valence-electron chi connectivity index (χ2n) is 6.03. The molecule has 0 radical (unpaired) electrons. The number of Topliss-reactive ketones (excluding diaryl/α,β-unsaturated/α-hetero) is 1. The Hall–Kier alpha value is -3.10. The topological polar surface area (TPSA) is 118 Å². The quantitative estimate of drug-likeness (QED) is 0.768. The molecule has 0 unspecified atom stereocenters. The average Bonchev–Trinajstić information content (AvgIpc) is 3.04. The van der Waals surface area contributed by atoms with Crippen LogP contribution in [0.4, 0.5) is 4.39 Å². The number of carboxylic acids is 1. The summed E-state index contributed by atoms with van der Waals surface area (Å²) >= 11 is 0. The lowest BCUT2D eigenvalue weighted by Crippen LogP contribution is -2.46. The van der Waals surface area contributed by atoms with Crippen molar-refractivity contribution in [1.82, 2.24) is 14.9 Å². The number of carbonyl (C=O) groups excluding carboxylic acids is 2. The molecule has 3 rings (SSSR count). The minimum Gasteiger partial charge on any atom is -0.481 e. The maximum absolute atomic E-state index is 12.7. The molecular formula is C17H16FN3O5. The van der Waals surface area contributed by atoms with Gasteiger partial charge in [0.15, 0.2) is 5.78 Å². The number of alkyl halides is 1. The number of fused-ring (bicyclic) bond motifs is 2. The highest BCUT2D eigenvalue weighted by Crippen LogP contribution is 2.24. The lowest BCUT2D eigenvalue weighted by atomic mass is 10.1. The first-order chi connectivity index (χ1) is 12.4. The molecule has 2 atom stereocenters. The van der Waals surface area contributed by atoms with Crippen LogP contribution < -0.4 is 10.9 Å². The summed E-state index contributed by atoms with van der Waals surface area (Å²) in [7, 11) is 0. The highest BCUT2D eigenvalue weighted by molar-refractivity contribution is 5.93. The SMILES string of the molecule is O=C(O)C[C@H](NC(=O)[C@@H]1CCc2nc3ccccc3c(=O)n21)C(=O)CF. The van der Waals surface area contributed by atoms with Crippen LogP contribution in [-0.2, 0) is 20.8 Å². The van der Waals surface area contributed by atoms with Crippen LogP contribution in [0.25, 0.3) is 10.9 Å². The number of aromatic nitrogens is 2. The smallest absolute Gasteiger partial charge is 0.305 e. The van der Waals surface area contributed by atoms with Crippen LogP contribution in [0.5, 0.6) is 0 Å². The minimum atomic E-state index is -1.47. The first-order valence-corrected chi connectivity index (χ1v) is 8.03. The van der Waals surface area contributed by atoms with E-state index in [0.717, 1.165) is 0 Å². The molecule has 0 saturated carbocycles. The van der Waals surface area contributed by atoms with E-state index >= 15 is 0 Å². The number of nitrogens with zero attached hydrogens (tertiary/aromatic N) is 2. The summed E-state index contributed by atoms with van der Waals surface area (Å²) in [6.45, 7) is -1.38. The third kappa shape index (κ3) is 3.19. The molecule has 2 aromatic rings. The van der Waals surface area contributed by atoms with Crippen molar-refractivity contribution in [2.24, 2.45) is 0 Å².